The number of hydrogen-bond acceptors (Lipinski definition) is 5. The summed E-state index contributed by atoms with van der Waals surface area (Å²) in [7, 11) is 0. The number of allylic oxidation sites excluding steroid dienone is 1. The minimum Gasteiger partial charge on any atom is -0.420 e. The highest BCUT2D eigenvalue weighted by Crippen LogP contribution is 2.45. The van der Waals surface area contributed by atoms with Gasteiger partial charge >= 0.3 is 0 Å². The molecule has 6 heteroatoms. The number of aryl methyl sites for hydroxylation is 1. The van der Waals surface area contributed by atoms with Gasteiger partial charge in [0.1, 0.15) is 11.6 Å². The third-order valence-corrected chi connectivity index (χ3v) is 5.47. The Morgan fingerprint density at radius 1 is 1.15 bits per heavy atom. The average molecular weight is 374 g/mol. The van der Waals surface area contributed by atoms with E-state index >= 15 is 0 Å². The van der Waals surface area contributed by atoms with E-state index in [2.05, 4.69) is 16.3 Å². The number of H-pyrrole nitrogens is 1. The van der Waals surface area contributed by atoms with Crippen molar-refractivity contribution in [2.45, 2.75) is 17.7 Å². The van der Waals surface area contributed by atoms with Crippen LogP contribution >= 0.6 is 11.8 Å². The van der Waals surface area contributed by atoms with Crippen molar-refractivity contribution in [3.8, 4) is 23.2 Å². The molecule has 1 unspecified atom stereocenters. The number of hydrogen-bond donors (Lipinski definition) is 2. The fourth-order valence-corrected chi connectivity index (χ4v) is 3.72. The minimum atomic E-state index is -0.329. The Bertz CT molecular complexity index is 1060. The molecule has 0 amide bonds. The van der Waals surface area contributed by atoms with Crippen LogP contribution in [0.5, 0.6) is 5.88 Å². The summed E-state index contributed by atoms with van der Waals surface area (Å²) in [5.41, 5.74) is 11.2. The second-order valence-electron chi connectivity index (χ2n) is 6.38. The first kappa shape index (κ1) is 17.3. The molecule has 2 aromatic carbocycles. The summed E-state index contributed by atoms with van der Waals surface area (Å²) in [6, 6.07) is 18.5. The van der Waals surface area contributed by atoms with Crippen LogP contribution in [0, 0.1) is 18.3 Å². The van der Waals surface area contributed by atoms with Gasteiger partial charge in [0, 0.05) is 10.5 Å². The SMILES string of the molecule is CSc1ccc(C2C(C#N)=C(N)Oc3n[nH]c(-c4ccc(C)cc4)c32)cc1. The molecule has 27 heavy (non-hydrogen) atoms. The van der Waals surface area contributed by atoms with E-state index in [1.54, 1.807) is 11.8 Å². The molecule has 1 atom stereocenters. The van der Waals surface area contributed by atoms with Crippen molar-refractivity contribution < 1.29 is 4.74 Å². The molecular formula is C21H18N4OS. The third-order valence-electron chi connectivity index (χ3n) is 4.73. The number of aromatic nitrogens is 2. The second kappa shape index (κ2) is 6.86. The second-order valence-corrected chi connectivity index (χ2v) is 7.26. The summed E-state index contributed by atoms with van der Waals surface area (Å²) in [5.74, 6) is 0.191. The normalized spacial score (nSPS) is 15.8. The first-order chi connectivity index (χ1) is 13.1. The molecule has 0 aliphatic carbocycles. The van der Waals surface area contributed by atoms with Gasteiger partial charge in [-0.1, -0.05) is 42.0 Å². The number of ether oxygens (including phenoxy) is 1. The Balaban J connectivity index is 1.90. The highest BCUT2D eigenvalue weighted by Gasteiger charge is 2.35. The summed E-state index contributed by atoms with van der Waals surface area (Å²) in [6.45, 7) is 2.04. The fraction of sp³-hybridized carbons (Fsp3) is 0.143. The van der Waals surface area contributed by atoms with Gasteiger partial charge < -0.3 is 10.5 Å². The lowest BCUT2D eigenvalue weighted by Crippen LogP contribution is -2.20. The van der Waals surface area contributed by atoms with Gasteiger partial charge in [0.25, 0.3) is 0 Å². The smallest absolute Gasteiger partial charge is 0.244 e. The minimum absolute atomic E-state index is 0.103. The molecular weight excluding hydrogens is 356 g/mol. The number of nitrogens with zero attached hydrogens (tertiary/aromatic N) is 2. The van der Waals surface area contributed by atoms with Crippen molar-refractivity contribution in [3.05, 3.63) is 76.7 Å². The van der Waals surface area contributed by atoms with Crippen LogP contribution in [-0.4, -0.2) is 16.5 Å². The van der Waals surface area contributed by atoms with E-state index in [1.165, 1.54) is 5.56 Å². The third kappa shape index (κ3) is 2.96. The first-order valence-electron chi connectivity index (χ1n) is 8.49. The highest BCUT2D eigenvalue weighted by atomic mass is 32.2. The summed E-state index contributed by atoms with van der Waals surface area (Å²) in [4.78, 5) is 1.16. The van der Waals surface area contributed by atoms with E-state index in [1.807, 2.05) is 61.7 Å². The fourth-order valence-electron chi connectivity index (χ4n) is 3.32. The molecule has 0 bridgehead atoms. The molecule has 3 aromatic rings. The molecule has 0 spiro atoms. The lowest BCUT2D eigenvalue weighted by molar-refractivity contribution is 0.379. The van der Waals surface area contributed by atoms with Crippen LogP contribution in [0.4, 0.5) is 0 Å². The number of nitrogens with two attached hydrogens (primary N) is 1. The Kier molecular flexibility index (Phi) is 4.38. The zero-order chi connectivity index (χ0) is 19.0. The zero-order valence-corrected chi connectivity index (χ0v) is 15.8. The van der Waals surface area contributed by atoms with Gasteiger partial charge in [0.05, 0.1) is 17.2 Å². The van der Waals surface area contributed by atoms with Crippen molar-refractivity contribution in [2.24, 2.45) is 5.73 Å². The van der Waals surface area contributed by atoms with Crippen LogP contribution < -0.4 is 10.5 Å². The summed E-state index contributed by atoms with van der Waals surface area (Å²) in [5, 5.41) is 17.1. The van der Waals surface area contributed by atoms with Crippen LogP contribution in [0.25, 0.3) is 11.3 Å². The van der Waals surface area contributed by atoms with E-state index in [0.717, 1.165) is 27.3 Å². The average Bonchev–Trinajstić information content (AvgIpc) is 3.11. The van der Waals surface area contributed by atoms with E-state index in [9.17, 15) is 5.26 Å². The van der Waals surface area contributed by atoms with Gasteiger partial charge in [-0.05, 0) is 30.9 Å². The molecule has 4 rings (SSSR count). The van der Waals surface area contributed by atoms with E-state index in [-0.39, 0.29) is 11.8 Å². The van der Waals surface area contributed by atoms with Crippen molar-refractivity contribution in [3.63, 3.8) is 0 Å². The van der Waals surface area contributed by atoms with Crippen LogP contribution in [0.3, 0.4) is 0 Å². The maximum atomic E-state index is 9.75. The zero-order valence-electron chi connectivity index (χ0n) is 15.0. The molecule has 1 aliphatic rings. The molecule has 0 radical (unpaired) electrons. The Morgan fingerprint density at radius 2 is 1.85 bits per heavy atom. The molecule has 1 aromatic heterocycles. The molecule has 3 N–H and O–H groups in total. The number of thioether (sulfide) groups is 1. The Morgan fingerprint density at radius 3 is 2.48 bits per heavy atom. The molecule has 5 nitrogen and oxygen atoms in total. The topological polar surface area (TPSA) is 87.7 Å². The van der Waals surface area contributed by atoms with Crippen LogP contribution in [0.2, 0.25) is 0 Å². The number of nitriles is 1. The van der Waals surface area contributed by atoms with Gasteiger partial charge in [0.2, 0.25) is 11.8 Å². The summed E-state index contributed by atoms with van der Waals surface area (Å²) < 4.78 is 5.65. The standard InChI is InChI=1S/C21H18N4OS/c1-12-3-5-14(6-4-12)19-18-17(13-7-9-15(27-2)10-8-13)16(11-22)20(23)26-21(18)25-24-19/h3-10,17H,23H2,1-2H3,(H,24,25). The molecule has 2 heterocycles. The number of rotatable bonds is 3. The quantitative estimate of drug-likeness (QED) is 0.667. The predicted octanol–water partition coefficient (Wildman–Crippen LogP) is 4.33. The van der Waals surface area contributed by atoms with Crippen LogP contribution in [0.15, 0.2) is 64.9 Å². The molecule has 0 fully saturated rings. The largest absolute Gasteiger partial charge is 0.420 e. The van der Waals surface area contributed by atoms with Crippen molar-refractivity contribution in [1.29, 1.82) is 5.26 Å². The molecule has 0 saturated heterocycles. The van der Waals surface area contributed by atoms with Crippen LogP contribution in [-0.2, 0) is 0 Å². The van der Waals surface area contributed by atoms with Crippen molar-refractivity contribution >= 4 is 11.8 Å². The summed E-state index contributed by atoms with van der Waals surface area (Å²) >= 11 is 1.67. The van der Waals surface area contributed by atoms with E-state index < -0.39 is 0 Å². The van der Waals surface area contributed by atoms with E-state index in [4.69, 9.17) is 10.5 Å². The maximum Gasteiger partial charge on any atom is 0.244 e. The number of fused-ring (bicyclic) bond motifs is 1. The monoisotopic (exact) mass is 374 g/mol. The predicted molar refractivity (Wildman–Crippen MR) is 106 cm³/mol. The maximum absolute atomic E-state index is 9.75. The van der Waals surface area contributed by atoms with Gasteiger partial charge in [0.15, 0.2) is 0 Å². The highest BCUT2D eigenvalue weighted by molar-refractivity contribution is 7.98. The van der Waals surface area contributed by atoms with Crippen molar-refractivity contribution in [2.75, 3.05) is 6.26 Å². The van der Waals surface area contributed by atoms with Gasteiger partial charge in [-0.2, -0.15) is 5.26 Å². The van der Waals surface area contributed by atoms with E-state index in [0.29, 0.717) is 11.5 Å². The molecule has 0 saturated carbocycles. The molecule has 134 valence electrons. The van der Waals surface area contributed by atoms with Gasteiger partial charge in [-0.15, -0.1) is 16.9 Å². The van der Waals surface area contributed by atoms with Gasteiger partial charge in [-0.3, -0.25) is 5.10 Å². The Hall–Kier alpha value is -3.17. The van der Waals surface area contributed by atoms with Gasteiger partial charge in [-0.25, -0.2) is 0 Å². The Labute approximate surface area is 161 Å². The summed E-state index contributed by atoms with van der Waals surface area (Å²) in [6.07, 6.45) is 2.03. The first-order valence-corrected chi connectivity index (χ1v) is 9.71. The number of benzene rings is 2. The number of nitrogens with one attached hydrogen (secondary N) is 1. The van der Waals surface area contributed by atoms with Crippen molar-refractivity contribution in [1.82, 2.24) is 10.2 Å². The lowest BCUT2D eigenvalue weighted by Gasteiger charge is -2.24. The van der Waals surface area contributed by atoms with Crippen LogP contribution in [0.1, 0.15) is 22.6 Å². The lowest BCUT2D eigenvalue weighted by atomic mass is 9.83. The molecule has 1 aliphatic heterocycles. The number of aromatic amines is 1.